The molecular formula is C15H25N3O. The third-order valence-corrected chi connectivity index (χ3v) is 3.25. The lowest BCUT2D eigenvalue weighted by Gasteiger charge is -2.21. The number of anilines is 1. The molecule has 1 atom stereocenters. The van der Waals surface area contributed by atoms with Crippen LogP contribution in [0.2, 0.25) is 0 Å². The maximum absolute atomic E-state index is 12.2. The van der Waals surface area contributed by atoms with Crippen LogP contribution in [-0.4, -0.2) is 45.5 Å². The number of carbonyl (C=O) groups is 1. The molecular weight excluding hydrogens is 238 g/mol. The van der Waals surface area contributed by atoms with E-state index in [1.807, 2.05) is 43.3 Å². The predicted molar refractivity (Wildman–Crippen MR) is 80.5 cm³/mol. The van der Waals surface area contributed by atoms with Gasteiger partial charge in [-0.25, -0.2) is 0 Å². The second-order valence-corrected chi connectivity index (χ2v) is 5.20. The van der Waals surface area contributed by atoms with Crippen LogP contribution >= 0.6 is 0 Å². The van der Waals surface area contributed by atoms with E-state index in [9.17, 15) is 4.79 Å². The highest BCUT2D eigenvalue weighted by molar-refractivity contribution is 5.83. The molecule has 0 aliphatic carbocycles. The zero-order chi connectivity index (χ0) is 14.4. The van der Waals surface area contributed by atoms with Crippen LogP contribution in [0.15, 0.2) is 24.3 Å². The number of carbonyl (C=O) groups excluding carboxylic acids is 1. The summed E-state index contributed by atoms with van der Waals surface area (Å²) in [6.45, 7) is 0.618. The second kappa shape index (κ2) is 7.14. The highest BCUT2D eigenvalue weighted by Crippen LogP contribution is 2.25. The monoisotopic (exact) mass is 263 g/mol. The molecule has 0 bridgehead atoms. The lowest BCUT2D eigenvalue weighted by Crippen LogP contribution is -2.28. The normalized spacial score (nSPS) is 12.1. The fourth-order valence-electron chi connectivity index (χ4n) is 2.07. The Kier molecular flexibility index (Phi) is 5.83. The summed E-state index contributed by atoms with van der Waals surface area (Å²) in [5.74, 6) is 0.0563. The van der Waals surface area contributed by atoms with Crippen LogP contribution < -0.4 is 10.6 Å². The molecule has 19 heavy (non-hydrogen) atoms. The summed E-state index contributed by atoms with van der Waals surface area (Å²) < 4.78 is 0. The van der Waals surface area contributed by atoms with Gasteiger partial charge in [-0.1, -0.05) is 12.1 Å². The van der Waals surface area contributed by atoms with Crippen molar-refractivity contribution in [2.75, 3.05) is 39.6 Å². The van der Waals surface area contributed by atoms with Crippen molar-refractivity contribution in [1.82, 2.24) is 4.90 Å². The number of nitrogens with two attached hydrogens (primary N) is 1. The van der Waals surface area contributed by atoms with E-state index in [1.54, 1.807) is 19.0 Å². The van der Waals surface area contributed by atoms with Crippen LogP contribution in [-0.2, 0) is 4.79 Å². The predicted octanol–water partition coefficient (Wildman–Crippen LogP) is 1.66. The van der Waals surface area contributed by atoms with E-state index in [2.05, 4.69) is 0 Å². The zero-order valence-electron chi connectivity index (χ0n) is 12.4. The highest BCUT2D eigenvalue weighted by Gasteiger charge is 2.21. The van der Waals surface area contributed by atoms with E-state index in [1.165, 1.54) is 0 Å². The van der Waals surface area contributed by atoms with Gasteiger partial charge in [-0.05, 0) is 37.1 Å². The van der Waals surface area contributed by atoms with Crippen LogP contribution in [0.5, 0.6) is 0 Å². The maximum atomic E-state index is 12.2. The van der Waals surface area contributed by atoms with Crippen LogP contribution in [0.25, 0.3) is 0 Å². The lowest BCUT2D eigenvalue weighted by molar-refractivity contribution is -0.130. The zero-order valence-corrected chi connectivity index (χ0v) is 12.4. The van der Waals surface area contributed by atoms with Crippen molar-refractivity contribution in [1.29, 1.82) is 0 Å². The molecule has 1 aromatic rings. The molecule has 0 aliphatic heterocycles. The largest absolute Gasteiger partial charge is 0.378 e. The van der Waals surface area contributed by atoms with Gasteiger partial charge in [0.05, 0.1) is 5.92 Å². The minimum Gasteiger partial charge on any atom is -0.378 e. The minimum atomic E-state index is -0.0882. The Balaban J connectivity index is 2.93. The van der Waals surface area contributed by atoms with E-state index < -0.39 is 0 Å². The second-order valence-electron chi connectivity index (χ2n) is 5.20. The van der Waals surface area contributed by atoms with E-state index in [-0.39, 0.29) is 11.8 Å². The van der Waals surface area contributed by atoms with Crippen molar-refractivity contribution in [2.24, 2.45) is 5.73 Å². The Morgan fingerprint density at radius 3 is 2.16 bits per heavy atom. The number of amides is 1. The molecule has 0 saturated carbocycles. The van der Waals surface area contributed by atoms with Gasteiger partial charge in [0.25, 0.3) is 0 Å². The van der Waals surface area contributed by atoms with Crippen LogP contribution in [0, 0.1) is 0 Å². The number of likely N-dealkylation sites (N-methyl/N-ethyl adjacent to an activating group) is 1. The van der Waals surface area contributed by atoms with Gasteiger partial charge < -0.3 is 15.5 Å². The molecule has 4 heteroatoms. The molecule has 1 amide bonds. The summed E-state index contributed by atoms with van der Waals surface area (Å²) in [7, 11) is 7.61. The molecule has 106 valence electrons. The first-order chi connectivity index (χ1) is 8.97. The SMILES string of the molecule is CN(C)C(=O)C(CCCN)c1ccc(N(C)C)cc1. The van der Waals surface area contributed by atoms with Crippen molar-refractivity contribution >= 4 is 11.6 Å². The Labute approximate surface area is 116 Å². The standard InChI is InChI=1S/C15H25N3O/c1-17(2)13-9-7-12(8-10-13)14(6-5-11-16)15(19)18(3)4/h7-10,14H,5-6,11,16H2,1-4H3. The van der Waals surface area contributed by atoms with Gasteiger partial charge in [-0.2, -0.15) is 0 Å². The van der Waals surface area contributed by atoms with Gasteiger partial charge in [0.2, 0.25) is 5.91 Å². The summed E-state index contributed by atoms with van der Waals surface area (Å²) >= 11 is 0. The summed E-state index contributed by atoms with van der Waals surface area (Å²) in [5.41, 5.74) is 7.77. The first kappa shape index (κ1) is 15.5. The Bertz CT molecular complexity index is 398. The van der Waals surface area contributed by atoms with Crippen molar-refractivity contribution < 1.29 is 4.79 Å². The molecule has 1 rings (SSSR count). The van der Waals surface area contributed by atoms with E-state index in [0.29, 0.717) is 6.54 Å². The first-order valence-corrected chi connectivity index (χ1v) is 6.66. The van der Waals surface area contributed by atoms with Crippen molar-refractivity contribution in [3.63, 3.8) is 0 Å². The highest BCUT2D eigenvalue weighted by atomic mass is 16.2. The lowest BCUT2D eigenvalue weighted by atomic mass is 9.92. The molecule has 0 spiro atoms. The third kappa shape index (κ3) is 4.24. The van der Waals surface area contributed by atoms with Gasteiger partial charge in [-0.3, -0.25) is 4.79 Å². The summed E-state index contributed by atoms with van der Waals surface area (Å²) in [4.78, 5) is 15.9. The van der Waals surface area contributed by atoms with Gasteiger partial charge in [-0.15, -0.1) is 0 Å². The van der Waals surface area contributed by atoms with Gasteiger partial charge in [0, 0.05) is 33.9 Å². The fourth-order valence-corrected chi connectivity index (χ4v) is 2.07. The smallest absolute Gasteiger partial charge is 0.229 e. The molecule has 0 heterocycles. The number of hydrogen-bond donors (Lipinski definition) is 1. The molecule has 1 unspecified atom stereocenters. The Morgan fingerprint density at radius 1 is 1.16 bits per heavy atom. The summed E-state index contributed by atoms with van der Waals surface area (Å²) in [5, 5.41) is 0. The van der Waals surface area contributed by atoms with E-state index in [4.69, 9.17) is 5.73 Å². The van der Waals surface area contributed by atoms with Crippen molar-refractivity contribution in [3.8, 4) is 0 Å². The molecule has 0 aromatic heterocycles. The molecule has 0 saturated heterocycles. The Hall–Kier alpha value is -1.55. The number of benzene rings is 1. The molecule has 0 aliphatic rings. The number of nitrogens with zero attached hydrogens (tertiary/aromatic N) is 2. The molecule has 0 fully saturated rings. The van der Waals surface area contributed by atoms with Crippen LogP contribution in [0.4, 0.5) is 5.69 Å². The average Bonchev–Trinajstić information content (AvgIpc) is 2.39. The van der Waals surface area contributed by atoms with E-state index >= 15 is 0 Å². The van der Waals surface area contributed by atoms with Gasteiger partial charge >= 0.3 is 0 Å². The fraction of sp³-hybridized carbons (Fsp3) is 0.533. The van der Waals surface area contributed by atoms with Crippen molar-refractivity contribution in [3.05, 3.63) is 29.8 Å². The Morgan fingerprint density at radius 2 is 1.74 bits per heavy atom. The molecule has 4 nitrogen and oxygen atoms in total. The number of rotatable bonds is 6. The van der Waals surface area contributed by atoms with Crippen LogP contribution in [0.3, 0.4) is 0 Å². The average molecular weight is 263 g/mol. The van der Waals surface area contributed by atoms with Crippen LogP contribution in [0.1, 0.15) is 24.3 Å². The summed E-state index contributed by atoms with van der Waals surface area (Å²) in [6, 6.07) is 8.18. The molecule has 1 aromatic carbocycles. The summed E-state index contributed by atoms with van der Waals surface area (Å²) in [6.07, 6.45) is 1.66. The van der Waals surface area contributed by atoms with Gasteiger partial charge in [0.15, 0.2) is 0 Å². The first-order valence-electron chi connectivity index (χ1n) is 6.66. The molecule has 2 N–H and O–H groups in total. The van der Waals surface area contributed by atoms with E-state index in [0.717, 1.165) is 24.1 Å². The van der Waals surface area contributed by atoms with Crippen molar-refractivity contribution in [2.45, 2.75) is 18.8 Å². The quantitative estimate of drug-likeness (QED) is 0.849. The number of hydrogen-bond acceptors (Lipinski definition) is 3. The third-order valence-electron chi connectivity index (χ3n) is 3.25. The molecule has 0 radical (unpaired) electrons. The minimum absolute atomic E-state index is 0.0882. The maximum Gasteiger partial charge on any atom is 0.229 e. The topological polar surface area (TPSA) is 49.6 Å². The van der Waals surface area contributed by atoms with Gasteiger partial charge in [0.1, 0.15) is 0 Å².